The van der Waals surface area contributed by atoms with Crippen molar-refractivity contribution < 1.29 is 13.5 Å². The van der Waals surface area contributed by atoms with E-state index in [0.717, 1.165) is 0 Å². The summed E-state index contributed by atoms with van der Waals surface area (Å²) in [6, 6.07) is 7.65. The maximum absolute atomic E-state index is 12.8. The van der Waals surface area contributed by atoms with Crippen molar-refractivity contribution in [2.45, 2.75) is 26.0 Å². The number of aryl methyl sites for hydroxylation is 2. The lowest BCUT2D eigenvalue weighted by Crippen LogP contribution is -2.03. The predicted molar refractivity (Wildman–Crippen MR) is 75.7 cm³/mol. The molecule has 6 nitrogen and oxygen atoms in total. The van der Waals surface area contributed by atoms with Gasteiger partial charge < -0.3 is 9.15 Å². The second-order valence-electron chi connectivity index (χ2n) is 4.77. The third-order valence-electron chi connectivity index (χ3n) is 3.07. The van der Waals surface area contributed by atoms with Gasteiger partial charge in [0.15, 0.2) is 6.10 Å². The average molecular weight is 302 g/mol. The van der Waals surface area contributed by atoms with Gasteiger partial charge in [-0.3, -0.25) is 4.68 Å². The lowest BCUT2D eigenvalue weighted by Gasteiger charge is -2.10. The fraction of sp³-hybridized carbons (Fsp3) is 0.267. The molecule has 1 aromatic carbocycles. The minimum absolute atomic E-state index is 0.307. The smallest absolute Gasteiger partial charge is 0.256 e. The molecular weight excluding hydrogens is 287 g/mol. The zero-order valence-electron chi connectivity index (χ0n) is 12.0. The van der Waals surface area contributed by atoms with Crippen molar-refractivity contribution >= 4 is 0 Å². The highest BCUT2D eigenvalue weighted by molar-refractivity contribution is 5.22. The molecule has 2 aromatic heterocycles. The van der Waals surface area contributed by atoms with Crippen LogP contribution < -0.4 is 4.74 Å². The number of hydrogen-bond donors (Lipinski definition) is 0. The zero-order valence-corrected chi connectivity index (χ0v) is 12.0. The molecule has 0 amide bonds. The van der Waals surface area contributed by atoms with E-state index in [1.807, 2.05) is 12.3 Å². The van der Waals surface area contributed by atoms with Crippen LogP contribution in [0.15, 0.2) is 47.1 Å². The normalized spacial score (nSPS) is 12.3. The quantitative estimate of drug-likeness (QED) is 0.700. The Morgan fingerprint density at radius 1 is 1.27 bits per heavy atom. The molecule has 1 atom stereocenters. The Balaban J connectivity index is 1.58. The lowest BCUT2D eigenvalue weighted by molar-refractivity contribution is 0.185. The number of benzene rings is 1. The van der Waals surface area contributed by atoms with Crippen molar-refractivity contribution in [2.24, 2.45) is 0 Å². The SMILES string of the molecule is C[C@@H](Oc1ccc(F)cc1)c1nnc(CCn2cccn2)o1. The van der Waals surface area contributed by atoms with E-state index in [1.54, 1.807) is 29.9 Å². The number of hydrogen-bond acceptors (Lipinski definition) is 5. The second kappa shape index (κ2) is 6.38. The third-order valence-corrected chi connectivity index (χ3v) is 3.07. The van der Waals surface area contributed by atoms with Gasteiger partial charge >= 0.3 is 0 Å². The predicted octanol–water partition coefficient (Wildman–Crippen LogP) is 2.79. The molecule has 0 saturated heterocycles. The highest BCUT2D eigenvalue weighted by Crippen LogP contribution is 2.21. The first-order chi connectivity index (χ1) is 10.7. The molecule has 2 heterocycles. The van der Waals surface area contributed by atoms with E-state index in [0.29, 0.717) is 30.5 Å². The van der Waals surface area contributed by atoms with E-state index in [4.69, 9.17) is 9.15 Å². The second-order valence-corrected chi connectivity index (χ2v) is 4.77. The zero-order chi connectivity index (χ0) is 15.4. The summed E-state index contributed by atoms with van der Waals surface area (Å²) in [4.78, 5) is 0. The molecule has 0 aliphatic heterocycles. The molecule has 0 aliphatic carbocycles. The Morgan fingerprint density at radius 3 is 2.82 bits per heavy atom. The summed E-state index contributed by atoms with van der Waals surface area (Å²) in [5.74, 6) is 1.16. The topological polar surface area (TPSA) is 66.0 Å². The van der Waals surface area contributed by atoms with Crippen LogP contribution in [-0.2, 0) is 13.0 Å². The van der Waals surface area contributed by atoms with Crippen molar-refractivity contribution in [1.82, 2.24) is 20.0 Å². The van der Waals surface area contributed by atoms with E-state index in [1.165, 1.54) is 12.1 Å². The molecule has 0 spiro atoms. The number of rotatable bonds is 6. The van der Waals surface area contributed by atoms with E-state index in [2.05, 4.69) is 15.3 Å². The van der Waals surface area contributed by atoms with E-state index in [-0.39, 0.29) is 5.82 Å². The fourth-order valence-corrected chi connectivity index (χ4v) is 1.94. The van der Waals surface area contributed by atoms with Gasteiger partial charge in [-0.2, -0.15) is 5.10 Å². The molecule has 0 fully saturated rings. The van der Waals surface area contributed by atoms with Crippen molar-refractivity contribution in [1.29, 1.82) is 0 Å². The highest BCUT2D eigenvalue weighted by atomic mass is 19.1. The Bertz CT molecular complexity index is 709. The van der Waals surface area contributed by atoms with Crippen molar-refractivity contribution in [2.75, 3.05) is 0 Å². The molecule has 0 aliphatic rings. The van der Waals surface area contributed by atoms with Gasteiger partial charge in [-0.05, 0) is 37.3 Å². The van der Waals surface area contributed by atoms with Crippen LogP contribution in [0.5, 0.6) is 5.75 Å². The van der Waals surface area contributed by atoms with Crippen LogP contribution in [0.3, 0.4) is 0 Å². The molecular formula is C15H15FN4O2. The molecule has 22 heavy (non-hydrogen) atoms. The molecule has 0 N–H and O–H groups in total. The van der Waals surface area contributed by atoms with Crippen LogP contribution in [0.1, 0.15) is 24.8 Å². The minimum atomic E-state index is -0.406. The first-order valence-electron chi connectivity index (χ1n) is 6.92. The van der Waals surface area contributed by atoms with E-state index >= 15 is 0 Å². The van der Waals surface area contributed by atoms with Crippen molar-refractivity contribution in [3.8, 4) is 5.75 Å². The summed E-state index contributed by atoms with van der Waals surface area (Å²) in [5.41, 5.74) is 0. The monoisotopic (exact) mass is 302 g/mol. The van der Waals surface area contributed by atoms with E-state index in [9.17, 15) is 4.39 Å². The number of aromatic nitrogens is 4. The molecule has 0 bridgehead atoms. The Labute approximate surface area is 126 Å². The van der Waals surface area contributed by atoms with Crippen molar-refractivity contribution in [3.05, 3.63) is 60.3 Å². The molecule has 3 rings (SSSR count). The lowest BCUT2D eigenvalue weighted by atomic mass is 10.3. The molecule has 114 valence electrons. The van der Waals surface area contributed by atoms with Gasteiger partial charge in [0.1, 0.15) is 11.6 Å². The summed E-state index contributed by atoms with van der Waals surface area (Å²) in [6.07, 6.45) is 3.78. The summed E-state index contributed by atoms with van der Waals surface area (Å²) >= 11 is 0. The summed E-state index contributed by atoms with van der Waals surface area (Å²) in [7, 11) is 0. The van der Waals surface area contributed by atoms with Gasteiger partial charge in [0.2, 0.25) is 5.89 Å². The summed E-state index contributed by atoms with van der Waals surface area (Å²) in [6.45, 7) is 2.47. The number of halogens is 1. The highest BCUT2D eigenvalue weighted by Gasteiger charge is 2.15. The Morgan fingerprint density at radius 2 is 2.09 bits per heavy atom. The first kappa shape index (κ1) is 14.2. The minimum Gasteiger partial charge on any atom is -0.481 e. The maximum Gasteiger partial charge on any atom is 0.256 e. The maximum atomic E-state index is 12.8. The molecule has 0 unspecified atom stereocenters. The standard InChI is InChI=1S/C15H15FN4O2/c1-11(21-13-5-3-12(16)4-6-13)15-19-18-14(22-15)7-10-20-9-2-8-17-20/h2-6,8-9,11H,7,10H2,1H3/t11-/m1/s1. The van der Waals surface area contributed by atoms with Gasteiger partial charge in [-0.1, -0.05) is 0 Å². The number of nitrogens with zero attached hydrogens (tertiary/aromatic N) is 4. The Kier molecular flexibility index (Phi) is 4.13. The Hall–Kier alpha value is -2.70. The van der Waals surface area contributed by atoms with Crippen molar-refractivity contribution in [3.63, 3.8) is 0 Å². The third kappa shape index (κ3) is 3.49. The van der Waals surface area contributed by atoms with Gasteiger partial charge in [0.25, 0.3) is 5.89 Å². The van der Waals surface area contributed by atoms with Crippen LogP contribution in [0.25, 0.3) is 0 Å². The van der Waals surface area contributed by atoms with Gasteiger partial charge in [0, 0.05) is 25.4 Å². The first-order valence-corrected chi connectivity index (χ1v) is 6.92. The molecule has 0 saturated carbocycles. The largest absolute Gasteiger partial charge is 0.481 e. The average Bonchev–Trinajstić information content (AvgIpc) is 3.18. The van der Waals surface area contributed by atoms with Gasteiger partial charge in [0.05, 0.1) is 0 Å². The van der Waals surface area contributed by atoms with Gasteiger partial charge in [-0.25, -0.2) is 4.39 Å². The molecule has 7 heteroatoms. The van der Waals surface area contributed by atoms with Crippen LogP contribution in [0.2, 0.25) is 0 Å². The van der Waals surface area contributed by atoms with Crippen LogP contribution in [0.4, 0.5) is 4.39 Å². The van der Waals surface area contributed by atoms with Crippen LogP contribution >= 0.6 is 0 Å². The summed E-state index contributed by atoms with van der Waals surface area (Å²) in [5, 5.41) is 12.1. The van der Waals surface area contributed by atoms with E-state index < -0.39 is 6.10 Å². The van der Waals surface area contributed by atoms with Crippen LogP contribution in [-0.4, -0.2) is 20.0 Å². The fourth-order valence-electron chi connectivity index (χ4n) is 1.94. The molecule has 0 radical (unpaired) electrons. The summed E-state index contributed by atoms with van der Waals surface area (Å²) < 4.78 is 25.9. The number of ether oxygens (including phenoxy) is 1. The molecule has 3 aromatic rings. The van der Waals surface area contributed by atoms with Crippen LogP contribution in [0, 0.1) is 5.82 Å². The van der Waals surface area contributed by atoms with Gasteiger partial charge in [-0.15, -0.1) is 10.2 Å².